The number of ether oxygens (including phenoxy) is 3. The molecular weight excluding hydrogens is 438 g/mol. The number of carboxylic acid groups (broad SMARTS) is 1. The van der Waals surface area contributed by atoms with E-state index in [-0.39, 0.29) is 49.1 Å². The van der Waals surface area contributed by atoms with Gasteiger partial charge in [0, 0.05) is 19.3 Å². The lowest BCUT2D eigenvalue weighted by Crippen LogP contribution is -2.55. The predicted octanol–water partition coefficient (Wildman–Crippen LogP) is 3.39. The largest absolute Gasteiger partial charge is 0.544 e. The molecule has 0 aliphatic carbocycles. The van der Waals surface area contributed by atoms with Crippen LogP contribution in [0, 0.1) is 0 Å². The van der Waals surface area contributed by atoms with Gasteiger partial charge in [-0.15, -0.1) is 0 Å². The fourth-order valence-electron chi connectivity index (χ4n) is 3.64. The maximum Gasteiger partial charge on any atom is 0.306 e. The Morgan fingerprint density at radius 3 is 1.85 bits per heavy atom. The Morgan fingerprint density at radius 2 is 1.35 bits per heavy atom. The molecule has 0 spiro atoms. The first-order valence-electron chi connectivity index (χ1n) is 13.1. The fraction of sp³-hybridized carbons (Fsp3) is 0.885. The van der Waals surface area contributed by atoms with Crippen LogP contribution in [0.4, 0.5) is 0 Å². The van der Waals surface area contributed by atoms with Crippen molar-refractivity contribution in [1.82, 2.24) is 0 Å². The molecule has 0 aromatic heterocycles. The minimum absolute atomic E-state index is 0.0394. The van der Waals surface area contributed by atoms with Crippen LogP contribution in [-0.4, -0.2) is 75.5 Å². The molecule has 0 rings (SSSR count). The van der Waals surface area contributed by atoms with Crippen molar-refractivity contribution in [2.24, 2.45) is 0 Å². The number of unbranched alkanes of at least 4 members (excludes halogenated alkanes) is 9. The van der Waals surface area contributed by atoms with Gasteiger partial charge in [0.15, 0.2) is 6.10 Å². The maximum atomic E-state index is 12.3. The molecule has 200 valence electrons. The maximum absolute atomic E-state index is 12.3. The molecule has 8 heteroatoms. The Balaban J connectivity index is 4.27. The third-order valence-corrected chi connectivity index (χ3v) is 5.80. The summed E-state index contributed by atoms with van der Waals surface area (Å²) in [5, 5.41) is 11.4. The molecular formula is C26H49NO7. The molecule has 0 aliphatic heterocycles. The highest BCUT2D eigenvalue weighted by Gasteiger charge is 2.25. The predicted molar refractivity (Wildman–Crippen MR) is 130 cm³/mol. The van der Waals surface area contributed by atoms with Gasteiger partial charge in [0.1, 0.15) is 12.6 Å². The van der Waals surface area contributed by atoms with E-state index in [0.29, 0.717) is 6.42 Å². The summed E-state index contributed by atoms with van der Waals surface area (Å²) in [5.41, 5.74) is 0. The van der Waals surface area contributed by atoms with Crippen LogP contribution in [-0.2, 0) is 28.6 Å². The van der Waals surface area contributed by atoms with Gasteiger partial charge in [0.2, 0.25) is 0 Å². The first kappa shape index (κ1) is 32.3. The average Bonchev–Trinajstić information content (AvgIpc) is 2.76. The number of aliphatic carboxylic acids is 1. The second-order valence-electron chi connectivity index (χ2n) is 9.90. The molecule has 2 unspecified atom stereocenters. The molecule has 0 fully saturated rings. The van der Waals surface area contributed by atoms with Crippen LogP contribution in [0.3, 0.4) is 0 Å². The summed E-state index contributed by atoms with van der Waals surface area (Å²) in [4.78, 5) is 35.1. The van der Waals surface area contributed by atoms with Gasteiger partial charge in [-0.2, -0.15) is 0 Å². The molecule has 0 saturated carbocycles. The monoisotopic (exact) mass is 487 g/mol. The van der Waals surface area contributed by atoms with Crippen LogP contribution in [0.1, 0.15) is 97.3 Å². The van der Waals surface area contributed by atoms with Gasteiger partial charge in [-0.05, 0) is 6.42 Å². The van der Waals surface area contributed by atoms with E-state index >= 15 is 0 Å². The Bertz CT molecular complexity index is 560. The van der Waals surface area contributed by atoms with E-state index in [0.717, 1.165) is 19.3 Å². The van der Waals surface area contributed by atoms with E-state index in [4.69, 9.17) is 14.2 Å². The van der Waals surface area contributed by atoms with Crippen LogP contribution in [0.2, 0.25) is 0 Å². The molecule has 0 bridgehead atoms. The first-order valence-corrected chi connectivity index (χ1v) is 13.1. The summed E-state index contributed by atoms with van der Waals surface area (Å²) in [5.74, 6) is -1.84. The van der Waals surface area contributed by atoms with E-state index in [2.05, 4.69) is 6.92 Å². The number of esters is 2. The highest BCUT2D eigenvalue weighted by Crippen LogP contribution is 2.12. The highest BCUT2D eigenvalue weighted by molar-refractivity contribution is 5.70. The molecule has 8 nitrogen and oxygen atoms in total. The van der Waals surface area contributed by atoms with Crippen LogP contribution >= 0.6 is 0 Å². The van der Waals surface area contributed by atoms with Crippen molar-refractivity contribution in [3.8, 4) is 0 Å². The Kier molecular flexibility index (Phi) is 18.7. The van der Waals surface area contributed by atoms with Crippen LogP contribution in [0.25, 0.3) is 0 Å². The normalized spacial score (nSPS) is 13.3. The second-order valence-corrected chi connectivity index (χ2v) is 9.90. The van der Waals surface area contributed by atoms with E-state index < -0.39 is 18.1 Å². The van der Waals surface area contributed by atoms with Crippen LogP contribution < -0.4 is 5.11 Å². The number of carbonyl (C=O) groups excluding carboxylic acids is 3. The highest BCUT2D eigenvalue weighted by atomic mass is 16.6. The van der Waals surface area contributed by atoms with Crippen molar-refractivity contribution < 1.29 is 38.2 Å². The molecule has 0 saturated heterocycles. The van der Waals surface area contributed by atoms with Crippen molar-refractivity contribution >= 4 is 17.9 Å². The zero-order valence-electron chi connectivity index (χ0n) is 22.3. The number of hydrogen-bond acceptors (Lipinski definition) is 7. The van der Waals surface area contributed by atoms with E-state index in [9.17, 15) is 19.5 Å². The van der Waals surface area contributed by atoms with Gasteiger partial charge in [0.25, 0.3) is 0 Å². The number of carbonyl (C=O) groups is 3. The Morgan fingerprint density at radius 1 is 0.794 bits per heavy atom. The Hall–Kier alpha value is -1.67. The summed E-state index contributed by atoms with van der Waals surface area (Å²) >= 11 is 0. The smallest absolute Gasteiger partial charge is 0.306 e. The number of quaternary nitrogens is 1. The number of carboxylic acids is 1. The summed E-state index contributed by atoms with van der Waals surface area (Å²) in [6.45, 7) is 4.05. The number of nitrogens with zero attached hydrogens (tertiary/aromatic N) is 1. The van der Waals surface area contributed by atoms with Crippen LogP contribution in [0.15, 0.2) is 0 Å². The molecule has 0 N–H and O–H groups in total. The number of hydrogen-bond donors (Lipinski definition) is 0. The van der Waals surface area contributed by atoms with E-state index in [1.54, 1.807) is 28.1 Å². The van der Waals surface area contributed by atoms with Gasteiger partial charge in [-0.25, -0.2) is 0 Å². The molecule has 0 radical (unpaired) electrons. The molecule has 0 aromatic rings. The Labute approximate surface area is 206 Å². The lowest BCUT2D eigenvalue weighted by Gasteiger charge is -2.34. The van der Waals surface area contributed by atoms with Gasteiger partial charge >= 0.3 is 11.9 Å². The van der Waals surface area contributed by atoms with Crippen molar-refractivity contribution in [2.75, 3.05) is 41.0 Å². The summed E-state index contributed by atoms with van der Waals surface area (Å²) < 4.78 is 16.4. The fourth-order valence-corrected chi connectivity index (χ4v) is 3.64. The zero-order valence-corrected chi connectivity index (χ0v) is 22.3. The second kappa shape index (κ2) is 19.6. The van der Waals surface area contributed by atoms with Crippen LogP contribution in [0.5, 0.6) is 0 Å². The van der Waals surface area contributed by atoms with Crippen molar-refractivity contribution in [3.63, 3.8) is 0 Å². The molecule has 0 aliphatic rings. The van der Waals surface area contributed by atoms with E-state index in [1.807, 2.05) is 0 Å². The summed E-state index contributed by atoms with van der Waals surface area (Å²) in [7, 11) is 5.34. The van der Waals surface area contributed by atoms with Gasteiger partial charge in [-0.1, -0.05) is 71.6 Å². The molecule has 0 amide bonds. The van der Waals surface area contributed by atoms with Gasteiger partial charge < -0.3 is 28.6 Å². The van der Waals surface area contributed by atoms with Crippen molar-refractivity contribution in [2.45, 2.75) is 109 Å². The topological polar surface area (TPSA) is 102 Å². The number of rotatable bonds is 22. The average molecular weight is 488 g/mol. The minimum atomic E-state index is -1.13. The van der Waals surface area contributed by atoms with Gasteiger partial charge in [-0.3, -0.25) is 9.59 Å². The SMILES string of the molecule is CCCCCCCCCCCCC(=O)OC(COCCC(C(=O)[O-])[N+](C)(C)C)COC(=O)CC. The quantitative estimate of drug-likeness (QED) is 0.131. The molecule has 2 atom stereocenters. The first-order chi connectivity index (χ1) is 16.1. The number of likely N-dealkylation sites (N-methyl/N-ethyl adjacent to an activating group) is 1. The molecule has 34 heavy (non-hydrogen) atoms. The van der Waals surface area contributed by atoms with Crippen molar-refractivity contribution in [3.05, 3.63) is 0 Å². The lowest BCUT2D eigenvalue weighted by atomic mass is 10.1. The molecule has 0 aromatic carbocycles. The lowest BCUT2D eigenvalue weighted by molar-refractivity contribution is -0.889. The third kappa shape index (κ3) is 17.8. The van der Waals surface area contributed by atoms with Crippen molar-refractivity contribution in [1.29, 1.82) is 0 Å². The molecule has 0 heterocycles. The van der Waals surface area contributed by atoms with E-state index in [1.165, 1.54) is 44.9 Å². The third-order valence-electron chi connectivity index (χ3n) is 5.80. The van der Waals surface area contributed by atoms with Gasteiger partial charge in [0.05, 0.1) is 40.3 Å². The summed E-state index contributed by atoms with van der Waals surface area (Å²) in [6.07, 6.45) is 12.0. The zero-order chi connectivity index (χ0) is 25.8. The summed E-state index contributed by atoms with van der Waals surface area (Å²) in [6, 6.07) is -0.713. The minimum Gasteiger partial charge on any atom is -0.544 e. The standard InChI is InChI=1S/C26H49NO7/c1-6-8-9-10-11-12-13-14-15-16-17-25(29)34-22(21-33-24(28)7-2)20-32-19-18-23(26(30)31)27(3,4)5/h22-23H,6-21H2,1-5H3.